The lowest BCUT2D eigenvalue weighted by Crippen LogP contribution is -2.40. The minimum atomic E-state index is 0.591. The van der Waals surface area contributed by atoms with Crippen molar-refractivity contribution in [1.29, 1.82) is 0 Å². The highest BCUT2D eigenvalue weighted by atomic mass is 32.1. The summed E-state index contributed by atoms with van der Waals surface area (Å²) in [4.78, 5) is 2.73. The molecule has 0 radical (unpaired) electrons. The van der Waals surface area contributed by atoms with Crippen molar-refractivity contribution in [1.82, 2.24) is 4.90 Å². The standard InChI is InChI=1S/C15H31NS/c1-4-8-14(12-15(17)11-13(2)3)16-9-6-5-7-10-16/h13-15,17H,4-12H2,1-3H3. The van der Waals surface area contributed by atoms with Crippen molar-refractivity contribution < 1.29 is 0 Å². The maximum absolute atomic E-state index is 4.79. The Morgan fingerprint density at radius 2 is 1.71 bits per heavy atom. The van der Waals surface area contributed by atoms with E-state index in [4.69, 9.17) is 12.6 Å². The minimum Gasteiger partial charge on any atom is -0.300 e. The lowest BCUT2D eigenvalue weighted by molar-refractivity contribution is 0.145. The molecule has 0 aromatic rings. The summed E-state index contributed by atoms with van der Waals surface area (Å²) in [5.74, 6) is 0.779. The van der Waals surface area contributed by atoms with Crippen LogP contribution in [-0.4, -0.2) is 29.3 Å². The first-order valence-electron chi connectivity index (χ1n) is 7.55. The Bertz CT molecular complexity index is 187. The van der Waals surface area contributed by atoms with Crippen LogP contribution in [0.3, 0.4) is 0 Å². The number of likely N-dealkylation sites (tertiary alicyclic amines) is 1. The molecule has 0 N–H and O–H groups in total. The molecule has 1 fully saturated rings. The number of thiol groups is 1. The van der Waals surface area contributed by atoms with Crippen molar-refractivity contribution in [2.24, 2.45) is 5.92 Å². The van der Waals surface area contributed by atoms with E-state index in [0.29, 0.717) is 5.25 Å². The van der Waals surface area contributed by atoms with E-state index >= 15 is 0 Å². The van der Waals surface area contributed by atoms with Gasteiger partial charge in [-0.3, -0.25) is 0 Å². The molecule has 0 aromatic carbocycles. The Hall–Kier alpha value is 0.310. The predicted octanol–water partition coefficient (Wildman–Crippen LogP) is 4.38. The molecule has 1 saturated heterocycles. The zero-order chi connectivity index (χ0) is 12.7. The van der Waals surface area contributed by atoms with Gasteiger partial charge >= 0.3 is 0 Å². The van der Waals surface area contributed by atoms with E-state index in [1.54, 1.807) is 0 Å². The van der Waals surface area contributed by atoms with Crippen LogP contribution >= 0.6 is 12.6 Å². The van der Waals surface area contributed by atoms with E-state index in [9.17, 15) is 0 Å². The average Bonchev–Trinajstić information content (AvgIpc) is 2.28. The molecule has 2 unspecified atom stereocenters. The summed E-state index contributed by atoms with van der Waals surface area (Å²) < 4.78 is 0. The number of hydrogen-bond donors (Lipinski definition) is 1. The van der Waals surface area contributed by atoms with E-state index in [-0.39, 0.29) is 0 Å². The van der Waals surface area contributed by atoms with Crippen molar-refractivity contribution in [2.75, 3.05) is 13.1 Å². The van der Waals surface area contributed by atoms with Crippen molar-refractivity contribution >= 4 is 12.6 Å². The first-order chi connectivity index (χ1) is 8.13. The smallest absolute Gasteiger partial charge is 0.0106 e. The zero-order valence-electron chi connectivity index (χ0n) is 12.0. The second-order valence-corrected chi connectivity index (χ2v) is 6.79. The summed E-state index contributed by atoms with van der Waals surface area (Å²) in [5, 5.41) is 0.591. The quantitative estimate of drug-likeness (QED) is 0.663. The number of rotatable bonds is 7. The molecule has 1 aliphatic heterocycles. The lowest BCUT2D eigenvalue weighted by Gasteiger charge is -2.36. The summed E-state index contributed by atoms with van der Waals surface area (Å²) in [6.07, 6.45) is 9.46. The van der Waals surface area contributed by atoms with Crippen LogP contribution < -0.4 is 0 Å². The zero-order valence-corrected chi connectivity index (χ0v) is 12.9. The van der Waals surface area contributed by atoms with E-state index in [1.165, 1.54) is 58.0 Å². The Labute approximate surface area is 114 Å². The molecule has 2 heteroatoms. The van der Waals surface area contributed by atoms with Crippen LogP contribution in [0.5, 0.6) is 0 Å². The Kier molecular flexibility index (Phi) is 7.61. The Balaban J connectivity index is 2.40. The van der Waals surface area contributed by atoms with Crippen molar-refractivity contribution in [3.8, 4) is 0 Å². The fraction of sp³-hybridized carbons (Fsp3) is 1.00. The third-order valence-corrected chi connectivity index (χ3v) is 4.24. The highest BCUT2D eigenvalue weighted by Crippen LogP contribution is 2.23. The first kappa shape index (κ1) is 15.4. The van der Waals surface area contributed by atoms with Crippen LogP contribution in [-0.2, 0) is 0 Å². The molecule has 1 aliphatic rings. The molecular weight excluding hydrogens is 226 g/mol. The molecule has 0 saturated carbocycles. The molecule has 0 spiro atoms. The summed E-state index contributed by atoms with van der Waals surface area (Å²) in [7, 11) is 0. The summed E-state index contributed by atoms with van der Waals surface area (Å²) >= 11 is 4.79. The van der Waals surface area contributed by atoms with E-state index < -0.39 is 0 Å². The molecule has 17 heavy (non-hydrogen) atoms. The third kappa shape index (κ3) is 6.15. The van der Waals surface area contributed by atoms with Gasteiger partial charge < -0.3 is 4.90 Å². The highest BCUT2D eigenvalue weighted by Gasteiger charge is 2.22. The van der Waals surface area contributed by atoms with Gasteiger partial charge in [0.1, 0.15) is 0 Å². The van der Waals surface area contributed by atoms with E-state index in [0.717, 1.165) is 12.0 Å². The third-order valence-electron chi connectivity index (χ3n) is 3.82. The molecule has 1 heterocycles. The second-order valence-electron chi connectivity index (χ2n) is 6.06. The van der Waals surface area contributed by atoms with Crippen LogP contribution in [0.25, 0.3) is 0 Å². The molecule has 0 aliphatic carbocycles. The number of piperidine rings is 1. The molecule has 0 amide bonds. The van der Waals surface area contributed by atoms with Gasteiger partial charge in [-0.25, -0.2) is 0 Å². The van der Waals surface area contributed by atoms with Gasteiger partial charge in [0.15, 0.2) is 0 Å². The van der Waals surface area contributed by atoms with Crippen LogP contribution in [0.4, 0.5) is 0 Å². The monoisotopic (exact) mass is 257 g/mol. The fourth-order valence-electron chi connectivity index (χ4n) is 3.02. The molecule has 1 rings (SSSR count). The second kappa shape index (κ2) is 8.42. The molecule has 0 bridgehead atoms. The summed E-state index contributed by atoms with van der Waals surface area (Å²) in [6, 6.07) is 0.793. The number of hydrogen-bond acceptors (Lipinski definition) is 2. The summed E-state index contributed by atoms with van der Waals surface area (Å²) in [6.45, 7) is 9.57. The summed E-state index contributed by atoms with van der Waals surface area (Å²) in [5.41, 5.74) is 0. The maximum Gasteiger partial charge on any atom is 0.0106 e. The molecular formula is C15H31NS. The largest absolute Gasteiger partial charge is 0.300 e. The molecule has 102 valence electrons. The molecule has 1 nitrogen and oxygen atoms in total. The van der Waals surface area contributed by atoms with E-state index in [1.807, 2.05) is 0 Å². The van der Waals surface area contributed by atoms with Gasteiger partial charge in [0.25, 0.3) is 0 Å². The van der Waals surface area contributed by atoms with Gasteiger partial charge in [-0.15, -0.1) is 0 Å². The molecule has 2 atom stereocenters. The normalized spacial score (nSPS) is 21.7. The van der Waals surface area contributed by atoms with Crippen LogP contribution in [0.1, 0.15) is 65.7 Å². The van der Waals surface area contributed by atoms with Gasteiger partial charge in [-0.2, -0.15) is 12.6 Å². The SMILES string of the molecule is CCCC(CC(S)CC(C)C)N1CCCCC1. The van der Waals surface area contributed by atoms with Crippen LogP contribution in [0.15, 0.2) is 0 Å². The Morgan fingerprint density at radius 1 is 1.06 bits per heavy atom. The highest BCUT2D eigenvalue weighted by molar-refractivity contribution is 7.80. The fourth-order valence-corrected chi connectivity index (χ4v) is 3.69. The van der Waals surface area contributed by atoms with Gasteiger partial charge in [-0.05, 0) is 51.1 Å². The predicted molar refractivity (Wildman–Crippen MR) is 81.0 cm³/mol. The van der Waals surface area contributed by atoms with Crippen molar-refractivity contribution in [3.63, 3.8) is 0 Å². The minimum absolute atomic E-state index is 0.591. The van der Waals surface area contributed by atoms with Crippen molar-refractivity contribution in [2.45, 2.75) is 77.0 Å². The van der Waals surface area contributed by atoms with Crippen molar-refractivity contribution in [3.05, 3.63) is 0 Å². The lowest BCUT2D eigenvalue weighted by atomic mass is 9.97. The van der Waals surface area contributed by atoms with Crippen LogP contribution in [0, 0.1) is 5.92 Å². The van der Waals surface area contributed by atoms with E-state index in [2.05, 4.69) is 25.7 Å². The number of nitrogens with zero attached hydrogens (tertiary/aromatic N) is 1. The first-order valence-corrected chi connectivity index (χ1v) is 8.07. The van der Waals surface area contributed by atoms with Crippen LogP contribution in [0.2, 0.25) is 0 Å². The topological polar surface area (TPSA) is 3.24 Å². The average molecular weight is 257 g/mol. The Morgan fingerprint density at radius 3 is 2.24 bits per heavy atom. The molecule has 0 aromatic heterocycles. The maximum atomic E-state index is 4.79. The van der Waals surface area contributed by atoms with Gasteiger partial charge in [-0.1, -0.05) is 33.6 Å². The van der Waals surface area contributed by atoms with Gasteiger partial charge in [0.2, 0.25) is 0 Å². The van der Waals surface area contributed by atoms with Gasteiger partial charge in [0.05, 0.1) is 0 Å². The van der Waals surface area contributed by atoms with Gasteiger partial charge in [0, 0.05) is 11.3 Å².